The number of aliphatic hydroxyl groups excluding tert-OH is 1. The van der Waals surface area contributed by atoms with E-state index in [0.29, 0.717) is 22.4 Å². The molecule has 0 amide bonds. The largest absolute Gasteiger partial charge is 0.490 e. The van der Waals surface area contributed by atoms with Gasteiger partial charge in [0.2, 0.25) is 0 Å². The monoisotopic (exact) mass is 340 g/mol. The van der Waals surface area contributed by atoms with E-state index in [1.165, 1.54) is 0 Å². The Morgan fingerprint density at radius 1 is 1.04 bits per heavy atom. The van der Waals surface area contributed by atoms with Crippen LogP contribution in [0.2, 0.25) is 0 Å². The lowest BCUT2D eigenvalue weighted by atomic mass is 10.00. The lowest BCUT2D eigenvalue weighted by Crippen LogP contribution is -2.13. The van der Waals surface area contributed by atoms with Crippen LogP contribution in [0.15, 0.2) is 66.7 Å². The molecule has 0 bridgehead atoms. The summed E-state index contributed by atoms with van der Waals surface area (Å²) in [6.07, 6.45) is -1.20. The van der Waals surface area contributed by atoms with Crippen LogP contribution < -0.4 is 4.74 Å². The lowest BCUT2D eigenvalue weighted by Gasteiger charge is -2.11. The Kier molecular flexibility index (Phi) is 6.48. The number of carbonyl (C=O) groups excluding carboxylic acids is 2. The van der Waals surface area contributed by atoms with Crippen molar-refractivity contribution in [2.24, 2.45) is 0 Å². The molecule has 0 aliphatic carbocycles. The van der Waals surface area contributed by atoms with E-state index in [2.05, 4.69) is 6.58 Å². The summed E-state index contributed by atoms with van der Waals surface area (Å²) < 4.78 is 10.4. The van der Waals surface area contributed by atoms with Gasteiger partial charge in [-0.15, -0.1) is 0 Å². The molecule has 2 aromatic rings. The first kappa shape index (κ1) is 18.4. The van der Waals surface area contributed by atoms with Crippen molar-refractivity contribution in [3.63, 3.8) is 0 Å². The summed E-state index contributed by atoms with van der Waals surface area (Å²) in [6, 6.07) is 15.2. The summed E-state index contributed by atoms with van der Waals surface area (Å²) in [5, 5.41) is 10.1. The van der Waals surface area contributed by atoms with E-state index in [-0.39, 0.29) is 19.0 Å². The molecular formula is C20H20O5. The van der Waals surface area contributed by atoms with Crippen LogP contribution in [0.3, 0.4) is 0 Å². The van der Waals surface area contributed by atoms with Crippen LogP contribution in [0.25, 0.3) is 0 Å². The molecule has 0 aliphatic rings. The van der Waals surface area contributed by atoms with Crippen molar-refractivity contribution >= 4 is 11.8 Å². The first-order valence-corrected chi connectivity index (χ1v) is 7.82. The average Bonchev–Trinajstić information content (AvgIpc) is 2.65. The zero-order valence-corrected chi connectivity index (χ0v) is 14.0. The van der Waals surface area contributed by atoms with E-state index in [0.717, 1.165) is 0 Å². The van der Waals surface area contributed by atoms with Crippen molar-refractivity contribution in [2.45, 2.75) is 13.0 Å². The smallest absolute Gasteiger partial charge is 0.333 e. The van der Waals surface area contributed by atoms with Gasteiger partial charge in [-0.2, -0.15) is 0 Å². The Balaban J connectivity index is 1.88. The van der Waals surface area contributed by atoms with Gasteiger partial charge < -0.3 is 14.6 Å². The number of carbonyl (C=O) groups is 2. The molecule has 5 nitrogen and oxygen atoms in total. The summed E-state index contributed by atoms with van der Waals surface area (Å²) in [6.45, 7) is 5.36. The van der Waals surface area contributed by atoms with Crippen molar-refractivity contribution in [3.05, 3.63) is 77.9 Å². The van der Waals surface area contributed by atoms with Crippen molar-refractivity contribution in [1.82, 2.24) is 0 Å². The highest BCUT2D eigenvalue weighted by atomic mass is 16.6. The fraction of sp³-hybridized carbons (Fsp3) is 0.200. The zero-order valence-electron chi connectivity index (χ0n) is 14.0. The van der Waals surface area contributed by atoms with Gasteiger partial charge in [0.15, 0.2) is 5.78 Å². The highest BCUT2D eigenvalue weighted by molar-refractivity contribution is 5.99. The molecule has 0 aliphatic heterocycles. The Morgan fingerprint density at radius 2 is 1.68 bits per heavy atom. The van der Waals surface area contributed by atoms with Gasteiger partial charge in [-0.1, -0.05) is 36.9 Å². The van der Waals surface area contributed by atoms with Crippen LogP contribution in [0.1, 0.15) is 28.9 Å². The second-order valence-electron chi connectivity index (χ2n) is 5.47. The van der Waals surface area contributed by atoms with Gasteiger partial charge in [0.25, 0.3) is 0 Å². The minimum atomic E-state index is -1.20. The van der Waals surface area contributed by atoms with Crippen LogP contribution in [0, 0.1) is 0 Å². The number of ether oxygens (including phenoxy) is 2. The van der Waals surface area contributed by atoms with Gasteiger partial charge >= 0.3 is 5.97 Å². The summed E-state index contributed by atoms with van der Waals surface area (Å²) in [4.78, 5) is 23.5. The van der Waals surface area contributed by atoms with Crippen molar-refractivity contribution in [3.8, 4) is 5.75 Å². The van der Waals surface area contributed by atoms with Crippen LogP contribution in [0.4, 0.5) is 0 Å². The second-order valence-corrected chi connectivity index (χ2v) is 5.47. The zero-order chi connectivity index (χ0) is 18.2. The molecular weight excluding hydrogens is 320 g/mol. The first-order valence-electron chi connectivity index (χ1n) is 7.82. The van der Waals surface area contributed by atoms with Gasteiger partial charge in [-0.25, -0.2) is 4.79 Å². The molecule has 0 radical (unpaired) electrons. The molecule has 0 heterocycles. The van der Waals surface area contributed by atoms with Crippen LogP contribution in [-0.4, -0.2) is 30.1 Å². The summed E-state index contributed by atoms with van der Waals surface area (Å²) in [5.41, 5.74) is 1.27. The van der Waals surface area contributed by atoms with E-state index in [1.807, 2.05) is 6.07 Å². The number of esters is 1. The molecule has 0 saturated heterocycles. The number of benzene rings is 2. The van der Waals surface area contributed by atoms with Crippen LogP contribution >= 0.6 is 0 Å². The third-order valence-corrected chi connectivity index (χ3v) is 3.44. The maximum atomic E-state index is 12.3. The highest BCUT2D eigenvalue weighted by Gasteiger charge is 2.18. The average molecular weight is 340 g/mol. The molecule has 2 rings (SSSR count). The fourth-order valence-corrected chi connectivity index (χ4v) is 2.08. The highest BCUT2D eigenvalue weighted by Crippen LogP contribution is 2.20. The molecule has 5 heteroatoms. The van der Waals surface area contributed by atoms with E-state index < -0.39 is 12.1 Å². The topological polar surface area (TPSA) is 72.8 Å². The number of rotatable bonds is 8. The Morgan fingerprint density at radius 3 is 2.28 bits per heavy atom. The number of aliphatic hydroxyl groups is 1. The fourth-order valence-electron chi connectivity index (χ4n) is 2.08. The quantitative estimate of drug-likeness (QED) is 0.346. The van der Waals surface area contributed by atoms with Gasteiger partial charge in [-0.05, 0) is 36.8 Å². The standard InChI is InChI=1S/C20H20O5/c1-14(2)20(23)25-13-12-24-17-10-8-16(9-11-17)19(22)18(21)15-6-4-3-5-7-15/h3-11,18,21H,1,12-13H2,2H3. The van der Waals surface area contributed by atoms with E-state index in [1.54, 1.807) is 55.5 Å². The summed E-state index contributed by atoms with van der Waals surface area (Å²) in [5.74, 6) is -0.301. The molecule has 0 spiro atoms. The number of hydrogen-bond acceptors (Lipinski definition) is 5. The third kappa shape index (κ3) is 5.29. The van der Waals surface area contributed by atoms with Crippen LogP contribution in [0.5, 0.6) is 5.75 Å². The number of hydrogen-bond donors (Lipinski definition) is 1. The van der Waals surface area contributed by atoms with E-state index >= 15 is 0 Å². The number of ketones is 1. The summed E-state index contributed by atoms with van der Waals surface area (Å²) in [7, 11) is 0. The normalized spacial score (nSPS) is 11.4. The van der Waals surface area contributed by atoms with Crippen molar-refractivity contribution in [1.29, 1.82) is 0 Å². The molecule has 0 fully saturated rings. The second kappa shape index (κ2) is 8.80. The van der Waals surface area contributed by atoms with Crippen LogP contribution in [-0.2, 0) is 9.53 Å². The maximum Gasteiger partial charge on any atom is 0.333 e. The van der Waals surface area contributed by atoms with Crippen molar-refractivity contribution in [2.75, 3.05) is 13.2 Å². The SMILES string of the molecule is C=C(C)C(=O)OCCOc1ccc(C(=O)C(O)c2ccccc2)cc1. The Labute approximate surface area is 146 Å². The molecule has 0 saturated carbocycles. The molecule has 0 aromatic heterocycles. The minimum absolute atomic E-state index is 0.110. The molecule has 1 atom stereocenters. The maximum absolute atomic E-state index is 12.3. The predicted octanol–water partition coefficient (Wildman–Crippen LogP) is 3.10. The Hall–Kier alpha value is -2.92. The van der Waals surface area contributed by atoms with Gasteiger partial charge in [-0.3, -0.25) is 4.79 Å². The molecule has 2 aromatic carbocycles. The summed E-state index contributed by atoms with van der Waals surface area (Å²) >= 11 is 0. The van der Waals surface area contributed by atoms with Gasteiger partial charge in [0.05, 0.1) is 0 Å². The molecule has 1 unspecified atom stereocenters. The third-order valence-electron chi connectivity index (χ3n) is 3.44. The van der Waals surface area contributed by atoms with E-state index in [4.69, 9.17) is 9.47 Å². The van der Waals surface area contributed by atoms with Gasteiger partial charge in [0.1, 0.15) is 25.1 Å². The van der Waals surface area contributed by atoms with Crippen molar-refractivity contribution < 1.29 is 24.2 Å². The molecule has 130 valence electrons. The molecule has 25 heavy (non-hydrogen) atoms. The minimum Gasteiger partial charge on any atom is -0.490 e. The number of Topliss-reactive ketones (excluding diaryl/α,β-unsaturated/α-hetero) is 1. The lowest BCUT2D eigenvalue weighted by molar-refractivity contribution is -0.139. The Bertz CT molecular complexity index is 734. The van der Waals surface area contributed by atoms with E-state index in [9.17, 15) is 14.7 Å². The molecule has 1 N–H and O–H groups in total. The predicted molar refractivity (Wildman–Crippen MR) is 93.4 cm³/mol. The van der Waals surface area contributed by atoms with Gasteiger partial charge in [0, 0.05) is 11.1 Å². The first-order chi connectivity index (χ1) is 12.0.